The molecule has 0 saturated carbocycles. The summed E-state index contributed by atoms with van der Waals surface area (Å²) in [5.74, 6) is 0.463. The fourth-order valence-electron chi connectivity index (χ4n) is 3.11. The van der Waals surface area contributed by atoms with Gasteiger partial charge in [-0.25, -0.2) is 4.98 Å². The Hall–Kier alpha value is -2.35. The highest BCUT2D eigenvalue weighted by molar-refractivity contribution is 5.76. The monoisotopic (exact) mass is 296 g/mol. The van der Waals surface area contributed by atoms with Crippen LogP contribution in [-0.2, 0) is 19.9 Å². The molecule has 2 aromatic heterocycles. The third-order valence-corrected chi connectivity index (χ3v) is 4.08. The number of ether oxygens (including phenoxy) is 1. The lowest BCUT2D eigenvalue weighted by atomic mass is 9.94. The van der Waals surface area contributed by atoms with Crippen molar-refractivity contribution in [2.45, 2.75) is 39.0 Å². The Morgan fingerprint density at radius 3 is 2.82 bits per heavy atom. The summed E-state index contributed by atoms with van der Waals surface area (Å²) in [5.41, 5.74) is 4.76. The molecule has 0 saturated heterocycles. The maximum atomic E-state index is 9.67. The van der Waals surface area contributed by atoms with E-state index in [-0.39, 0.29) is 0 Å². The van der Waals surface area contributed by atoms with Crippen molar-refractivity contribution in [3.05, 3.63) is 29.2 Å². The Balaban J connectivity index is 2.27. The van der Waals surface area contributed by atoms with Gasteiger partial charge in [-0.15, -0.1) is 0 Å². The molecule has 5 nitrogen and oxygen atoms in total. The van der Waals surface area contributed by atoms with Crippen LogP contribution in [0.1, 0.15) is 43.0 Å². The highest BCUT2D eigenvalue weighted by Crippen LogP contribution is 2.36. The van der Waals surface area contributed by atoms with E-state index in [2.05, 4.69) is 16.2 Å². The summed E-state index contributed by atoms with van der Waals surface area (Å²) < 4.78 is 7.41. The third-order valence-electron chi connectivity index (χ3n) is 4.08. The van der Waals surface area contributed by atoms with E-state index in [9.17, 15) is 5.26 Å². The molecule has 0 fully saturated rings. The van der Waals surface area contributed by atoms with E-state index >= 15 is 0 Å². The Morgan fingerprint density at radius 2 is 2.14 bits per heavy atom. The van der Waals surface area contributed by atoms with Crippen LogP contribution in [0.15, 0.2) is 12.4 Å². The molecule has 0 bridgehead atoms. The van der Waals surface area contributed by atoms with Crippen molar-refractivity contribution in [3.63, 3.8) is 0 Å². The number of nitriles is 1. The molecule has 114 valence electrons. The smallest absolute Gasteiger partial charge is 0.232 e. The lowest BCUT2D eigenvalue weighted by Crippen LogP contribution is -2.07. The molecule has 1 aliphatic carbocycles. The fourth-order valence-corrected chi connectivity index (χ4v) is 3.11. The van der Waals surface area contributed by atoms with Crippen LogP contribution in [0.2, 0.25) is 0 Å². The summed E-state index contributed by atoms with van der Waals surface area (Å²) >= 11 is 0. The van der Waals surface area contributed by atoms with Gasteiger partial charge in [0.05, 0.1) is 12.8 Å². The molecule has 0 radical (unpaired) electrons. The van der Waals surface area contributed by atoms with Gasteiger partial charge in [-0.05, 0) is 38.2 Å². The fraction of sp³-hybridized carbons (Fsp3) is 0.471. The van der Waals surface area contributed by atoms with Crippen LogP contribution in [0.3, 0.4) is 0 Å². The second kappa shape index (κ2) is 6.18. The van der Waals surface area contributed by atoms with Crippen molar-refractivity contribution < 1.29 is 4.74 Å². The van der Waals surface area contributed by atoms with Gasteiger partial charge in [0, 0.05) is 30.1 Å². The van der Waals surface area contributed by atoms with Gasteiger partial charge in [0.15, 0.2) is 0 Å². The molecule has 1 aliphatic rings. The average Bonchev–Trinajstić information content (AvgIpc) is 2.80. The summed E-state index contributed by atoms with van der Waals surface area (Å²) in [5, 5.41) is 13.9. The largest absolute Gasteiger partial charge is 0.477 e. The van der Waals surface area contributed by atoms with Crippen molar-refractivity contribution in [1.82, 2.24) is 14.8 Å². The molecule has 2 aromatic rings. The maximum absolute atomic E-state index is 9.67. The molecule has 0 spiro atoms. The number of aromatic nitrogens is 3. The van der Waals surface area contributed by atoms with Gasteiger partial charge in [0.1, 0.15) is 11.6 Å². The predicted molar refractivity (Wildman–Crippen MR) is 83.6 cm³/mol. The van der Waals surface area contributed by atoms with Crippen LogP contribution in [0.25, 0.3) is 11.1 Å². The minimum absolute atomic E-state index is 0.463. The summed E-state index contributed by atoms with van der Waals surface area (Å²) in [4.78, 5) is 4.65. The van der Waals surface area contributed by atoms with Gasteiger partial charge >= 0.3 is 0 Å². The minimum Gasteiger partial charge on any atom is -0.477 e. The second-order valence-electron chi connectivity index (χ2n) is 5.60. The molecule has 22 heavy (non-hydrogen) atoms. The number of hydrogen-bond donors (Lipinski definition) is 0. The summed E-state index contributed by atoms with van der Waals surface area (Å²) in [6.45, 7) is 2.42. The van der Waals surface area contributed by atoms with Gasteiger partial charge < -0.3 is 4.74 Å². The van der Waals surface area contributed by atoms with Crippen molar-refractivity contribution in [2.24, 2.45) is 7.05 Å². The first-order chi connectivity index (χ1) is 10.7. The van der Waals surface area contributed by atoms with Crippen LogP contribution < -0.4 is 4.74 Å². The summed E-state index contributed by atoms with van der Waals surface area (Å²) in [6.07, 6.45) is 9.18. The van der Waals surface area contributed by atoms with Crippen molar-refractivity contribution in [2.75, 3.05) is 6.61 Å². The average molecular weight is 296 g/mol. The lowest BCUT2D eigenvalue weighted by Gasteiger charge is -2.16. The zero-order valence-corrected chi connectivity index (χ0v) is 13.1. The van der Waals surface area contributed by atoms with Crippen molar-refractivity contribution >= 4 is 0 Å². The zero-order chi connectivity index (χ0) is 15.5. The summed E-state index contributed by atoms with van der Waals surface area (Å²) in [6, 6.07) is 2.30. The van der Waals surface area contributed by atoms with E-state index in [0.717, 1.165) is 42.5 Å². The standard InChI is InChI=1S/C17H20N4O/c1-3-22-17-14(9-18)16(12-10-19-21(2)11-12)13-7-5-4-6-8-15(13)20-17/h10-11H,3-8H2,1-2H3. The van der Waals surface area contributed by atoms with Crippen LogP contribution in [-0.4, -0.2) is 21.4 Å². The first-order valence-corrected chi connectivity index (χ1v) is 7.82. The Morgan fingerprint density at radius 1 is 1.32 bits per heavy atom. The number of aryl methyl sites for hydroxylation is 2. The number of nitrogens with zero attached hydrogens (tertiary/aromatic N) is 4. The first kappa shape index (κ1) is 14.6. The molecule has 0 aromatic carbocycles. The van der Waals surface area contributed by atoms with Gasteiger partial charge in [0.25, 0.3) is 0 Å². The maximum Gasteiger partial charge on any atom is 0.232 e. The van der Waals surface area contributed by atoms with Gasteiger partial charge in [-0.1, -0.05) is 6.42 Å². The molecule has 5 heteroatoms. The van der Waals surface area contributed by atoms with E-state index in [1.807, 2.05) is 26.4 Å². The number of rotatable bonds is 3. The van der Waals surface area contributed by atoms with Crippen molar-refractivity contribution in [3.8, 4) is 23.1 Å². The van der Waals surface area contributed by atoms with Crippen molar-refractivity contribution in [1.29, 1.82) is 5.26 Å². The second-order valence-corrected chi connectivity index (χ2v) is 5.60. The number of fused-ring (bicyclic) bond motifs is 1. The Kier molecular flexibility index (Phi) is 4.10. The molecular formula is C17H20N4O. The number of hydrogen-bond acceptors (Lipinski definition) is 4. The molecule has 0 aliphatic heterocycles. The highest BCUT2D eigenvalue weighted by atomic mass is 16.5. The van der Waals surface area contributed by atoms with E-state index < -0.39 is 0 Å². The molecule has 0 unspecified atom stereocenters. The summed E-state index contributed by atoms with van der Waals surface area (Å²) in [7, 11) is 1.89. The minimum atomic E-state index is 0.463. The normalized spacial score (nSPS) is 14.0. The zero-order valence-electron chi connectivity index (χ0n) is 13.1. The van der Waals surface area contributed by atoms with E-state index in [1.54, 1.807) is 4.68 Å². The lowest BCUT2D eigenvalue weighted by molar-refractivity contribution is 0.324. The SMILES string of the molecule is CCOc1nc2c(c(-c3cnn(C)c3)c1C#N)CCCCC2. The van der Waals surface area contributed by atoms with E-state index in [1.165, 1.54) is 12.0 Å². The molecule has 0 amide bonds. The topological polar surface area (TPSA) is 63.7 Å². The van der Waals surface area contributed by atoms with E-state index in [4.69, 9.17) is 4.74 Å². The molecule has 0 N–H and O–H groups in total. The third kappa shape index (κ3) is 2.57. The number of pyridine rings is 1. The highest BCUT2D eigenvalue weighted by Gasteiger charge is 2.23. The molecule has 0 atom stereocenters. The van der Waals surface area contributed by atoms with Crippen LogP contribution >= 0.6 is 0 Å². The quantitative estimate of drug-likeness (QED) is 0.817. The Labute approximate surface area is 130 Å². The predicted octanol–water partition coefficient (Wildman–Crippen LogP) is 3.02. The van der Waals surface area contributed by atoms with E-state index in [0.29, 0.717) is 18.1 Å². The van der Waals surface area contributed by atoms with Gasteiger partial charge in [0.2, 0.25) is 5.88 Å². The van der Waals surface area contributed by atoms with Crippen LogP contribution in [0.5, 0.6) is 5.88 Å². The molecule has 2 heterocycles. The van der Waals surface area contributed by atoms with Gasteiger partial charge in [-0.3, -0.25) is 4.68 Å². The molecule has 3 rings (SSSR count). The van der Waals surface area contributed by atoms with Gasteiger partial charge in [-0.2, -0.15) is 10.4 Å². The first-order valence-electron chi connectivity index (χ1n) is 7.82. The molecular weight excluding hydrogens is 276 g/mol. The van der Waals surface area contributed by atoms with Crippen LogP contribution in [0, 0.1) is 11.3 Å². The Bertz CT molecular complexity index is 727. The van der Waals surface area contributed by atoms with Crippen LogP contribution in [0.4, 0.5) is 0 Å².